The van der Waals surface area contributed by atoms with Crippen LogP contribution in [0.25, 0.3) is 0 Å². The Kier molecular flexibility index (Phi) is 6.08. The van der Waals surface area contributed by atoms with E-state index in [1.807, 2.05) is 30.5 Å². The number of anilines is 1. The van der Waals surface area contributed by atoms with Crippen LogP contribution in [0.3, 0.4) is 0 Å². The lowest BCUT2D eigenvalue weighted by atomic mass is 10.3. The molecule has 0 unspecified atom stereocenters. The van der Waals surface area contributed by atoms with E-state index in [0.717, 1.165) is 23.7 Å². The highest BCUT2D eigenvalue weighted by molar-refractivity contribution is 7.98. The Morgan fingerprint density at radius 1 is 1.35 bits per heavy atom. The third-order valence-corrected chi connectivity index (χ3v) is 3.34. The fraction of sp³-hybridized carbons (Fsp3) is 0.462. The minimum absolute atomic E-state index is 0.0481. The van der Waals surface area contributed by atoms with Gasteiger partial charge in [0.15, 0.2) is 0 Å². The van der Waals surface area contributed by atoms with Gasteiger partial charge in [-0.05, 0) is 37.5 Å². The van der Waals surface area contributed by atoms with E-state index >= 15 is 0 Å². The van der Waals surface area contributed by atoms with Gasteiger partial charge in [-0.3, -0.25) is 9.69 Å². The highest BCUT2D eigenvalue weighted by atomic mass is 32.2. The normalized spacial score (nSPS) is 10.6. The molecule has 17 heavy (non-hydrogen) atoms. The van der Waals surface area contributed by atoms with E-state index < -0.39 is 0 Å². The molecule has 0 aliphatic rings. The van der Waals surface area contributed by atoms with Crippen molar-refractivity contribution in [1.82, 2.24) is 4.90 Å². The molecule has 4 heteroatoms. The maximum absolute atomic E-state index is 11.8. The first-order valence-electron chi connectivity index (χ1n) is 5.85. The summed E-state index contributed by atoms with van der Waals surface area (Å²) in [7, 11) is 0. The van der Waals surface area contributed by atoms with Crippen molar-refractivity contribution in [3.63, 3.8) is 0 Å². The highest BCUT2D eigenvalue weighted by Gasteiger charge is 2.07. The number of thioether (sulfide) groups is 1. The summed E-state index contributed by atoms with van der Waals surface area (Å²) in [5.74, 6) is 0.0481. The molecule has 0 saturated heterocycles. The number of likely N-dealkylation sites (N-methyl/N-ethyl adjacent to an activating group) is 1. The van der Waals surface area contributed by atoms with Crippen LogP contribution in [0.5, 0.6) is 0 Å². The zero-order valence-corrected chi connectivity index (χ0v) is 11.5. The quantitative estimate of drug-likeness (QED) is 0.790. The van der Waals surface area contributed by atoms with Crippen molar-refractivity contribution in [2.45, 2.75) is 18.7 Å². The number of benzene rings is 1. The van der Waals surface area contributed by atoms with E-state index in [-0.39, 0.29) is 5.91 Å². The number of carbonyl (C=O) groups is 1. The van der Waals surface area contributed by atoms with Crippen molar-refractivity contribution >= 4 is 23.4 Å². The maximum Gasteiger partial charge on any atom is 0.238 e. The maximum atomic E-state index is 11.8. The predicted octanol–water partition coefficient (Wildman–Crippen LogP) is 2.69. The second-order valence-electron chi connectivity index (χ2n) is 3.74. The van der Waals surface area contributed by atoms with Gasteiger partial charge >= 0.3 is 0 Å². The molecule has 0 bridgehead atoms. The molecular formula is C13H20N2OS. The largest absolute Gasteiger partial charge is 0.325 e. The molecule has 0 spiro atoms. The topological polar surface area (TPSA) is 32.3 Å². The first-order valence-corrected chi connectivity index (χ1v) is 7.08. The van der Waals surface area contributed by atoms with Gasteiger partial charge in [-0.25, -0.2) is 0 Å². The predicted molar refractivity (Wildman–Crippen MR) is 74.6 cm³/mol. The number of nitrogens with zero attached hydrogens (tertiary/aromatic N) is 1. The molecule has 3 nitrogen and oxygen atoms in total. The summed E-state index contributed by atoms with van der Waals surface area (Å²) in [5.41, 5.74) is 0.869. The summed E-state index contributed by atoms with van der Waals surface area (Å²) in [6.07, 6.45) is 2.02. The Labute approximate surface area is 108 Å². The smallest absolute Gasteiger partial charge is 0.238 e. The van der Waals surface area contributed by atoms with Crippen LogP contribution in [0.15, 0.2) is 29.2 Å². The molecule has 1 aromatic carbocycles. The SMILES string of the molecule is CCN(CC)CC(=O)Nc1cccc(SC)c1. The minimum Gasteiger partial charge on any atom is -0.325 e. The summed E-state index contributed by atoms with van der Waals surface area (Å²) < 4.78 is 0. The molecule has 0 radical (unpaired) electrons. The van der Waals surface area contributed by atoms with Crippen molar-refractivity contribution in [1.29, 1.82) is 0 Å². The molecule has 0 aliphatic carbocycles. The van der Waals surface area contributed by atoms with Crippen LogP contribution in [-0.4, -0.2) is 36.7 Å². The summed E-state index contributed by atoms with van der Waals surface area (Å²) in [6, 6.07) is 7.90. The van der Waals surface area contributed by atoms with E-state index in [2.05, 4.69) is 24.1 Å². The molecule has 0 aromatic heterocycles. The molecule has 0 saturated carbocycles. The Bertz CT molecular complexity index is 364. The van der Waals surface area contributed by atoms with Crippen molar-refractivity contribution < 1.29 is 4.79 Å². The number of nitrogens with one attached hydrogen (secondary N) is 1. The molecule has 1 N–H and O–H groups in total. The highest BCUT2D eigenvalue weighted by Crippen LogP contribution is 2.18. The lowest BCUT2D eigenvalue weighted by Crippen LogP contribution is -2.32. The number of amides is 1. The van der Waals surface area contributed by atoms with Crippen LogP contribution >= 0.6 is 11.8 Å². The van der Waals surface area contributed by atoms with Crippen LogP contribution in [0, 0.1) is 0 Å². The summed E-state index contributed by atoms with van der Waals surface area (Å²) in [5, 5.41) is 2.92. The van der Waals surface area contributed by atoms with Gasteiger partial charge in [0.2, 0.25) is 5.91 Å². The third-order valence-electron chi connectivity index (χ3n) is 2.62. The Morgan fingerprint density at radius 3 is 2.65 bits per heavy atom. The molecule has 0 heterocycles. The fourth-order valence-corrected chi connectivity index (χ4v) is 2.01. The van der Waals surface area contributed by atoms with E-state index in [9.17, 15) is 4.79 Å². The zero-order chi connectivity index (χ0) is 12.7. The number of rotatable bonds is 6. The molecule has 1 aromatic rings. The van der Waals surface area contributed by atoms with Gasteiger partial charge in [0.25, 0.3) is 0 Å². The van der Waals surface area contributed by atoms with Gasteiger partial charge in [-0.1, -0.05) is 19.9 Å². The van der Waals surface area contributed by atoms with Gasteiger partial charge in [-0.2, -0.15) is 0 Å². The monoisotopic (exact) mass is 252 g/mol. The molecule has 94 valence electrons. The van der Waals surface area contributed by atoms with Crippen LogP contribution in [-0.2, 0) is 4.79 Å². The lowest BCUT2D eigenvalue weighted by Gasteiger charge is -2.17. The van der Waals surface area contributed by atoms with Crippen molar-refractivity contribution in [3.8, 4) is 0 Å². The van der Waals surface area contributed by atoms with Crippen LogP contribution in [0.1, 0.15) is 13.8 Å². The molecule has 1 rings (SSSR count). The number of hydrogen-bond donors (Lipinski definition) is 1. The van der Waals surface area contributed by atoms with Gasteiger partial charge in [0.05, 0.1) is 6.54 Å². The average Bonchev–Trinajstić information content (AvgIpc) is 2.36. The van der Waals surface area contributed by atoms with E-state index in [0.29, 0.717) is 6.54 Å². The summed E-state index contributed by atoms with van der Waals surface area (Å²) in [4.78, 5) is 15.0. The molecule has 0 aliphatic heterocycles. The Hall–Kier alpha value is -1.00. The second kappa shape index (κ2) is 7.35. The fourth-order valence-electron chi connectivity index (χ4n) is 1.55. The van der Waals surface area contributed by atoms with Crippen LogP contribution in [0.2, 0.25) is 0 Å². The van der Waals surface area contributed by atoms with Crippen molar-refractivity contribution in [3.05, 3.63) is 24.3 Å². The molecule has 0 fully saturated rings. The van der Waals surface area contributed by atoms with E-state index in [4.69, 9.17) is 0 Å². The number of carbonyl (C=O) groups excluding carboxylic acids is 1. The summed E-state index contributed by atoms with van der Waals surface area (Å²) in [6.45, 7) is 6.37. The minimum atomic E-state index is 0.0481. The van der Waals surface area contributed by atoms with Crippen LogP contribution in [0.4, 0.5) is 5.69 Å². The Balaban J connectivity index is 2.55. The second-order valence-corrected chi connectivity index (χ2v) is 4.62. The van der Waals surface area contributed by atoms with E-state index in [1.54, 1.807) is 11.8 Å². The average molecular weight is 252 g/mol. The molecular weight excluding hydrogens is 232 g/mol. The zero-order valence-electron chi connectivity index (χ0n) is 10.7. The Morgan fingerprint density at radius 2 is 2.06 bits per heavy atom. The van der Waals surface area contributed by atoms with Gasteiger partial charge < -0.3 is 5.32 Å². The van der Waals surface area contributed by atoms with Crippen molar-refractivity contribution in [2.24, 2.45) is 0 Å². The molecule has 1 amide bonds. The first-order chi connectivity index (χ1) is 8.19. The first kappa shape index (κ1) is 14.1. The van der Waals surface area contributed by atoms with Crippen molar-refractivity contribution in [2.75, 3.05) is 31.2 Å². The third kappa shape index (κ3) is 4.79. The van der Waals surface area contributed by atoms with Crippen LogP contribution < -0.4 is 5.32 Å². The van der Waals surface area contributed by atoms with Gasteiger partial charge in [0.1, 0.15) is 0 Å². The molecule has 0 atom stereocenters. The lowest BCUT2D eigenvalue weighted by molar-refractivity contribution is -0.117. The summed E-state index contributed by atoms with van der Waals surface area (Å²) >= 11 is 1.67. The van der Waals surface area contributed by atoms with Gasteiger partial charge in [0, 0.05) is 10.6 Å². The van der Waals surface area contributed by atoms with E-state index in [1.165, 1.54) is 0 Å². The van der Waals surface area contributed by atoms with Gasteiger partial charge in [-0.15, -0.1) is 11.8 Å². The number of hydrogen-bond acceptors (Lipinski definition) is 3. The standard InChI is InChI=1S/C13H20N2OS/c1-4-15(5-2)10-13(16)14-11-7-6-8-12(9-11)17-3/h6-9H,4-5,10H2,1-3H3,(H,14,16).